The minimum Gasteiger partial charge on any atom is -0.299 e. The van der Waals surface area contributed by atoms with Crippen molar-refractivity contribution < 1.29 is 13.2 Å². The van der Waals surface area contributed by atoms with Gasteiger partial charge in [-0.05, 0) is 17.5 Å². The molecular weight excluding hydrogens is 384 g/mol. The highest BCUT2D eigenvalue weighted by atomic mass is 32.2. The molecule has 7 nitrogen and oxygen atoms in total. The smallest absolute Gasteiger partial charge is 0.265 e. The average Bonchev–Trinajstić information content (AvgIpc) is 3.14. The number of rotatable bonds is 3. The number of aromatic nitrogens is 2. The van der Waals surface area contributed by atoms with Gasteiger partial charge in [0.2, 0.25) is 11.0 Å². The minimum atomic E-state index is -3.76. The van der Waals surface area contributed by atoms with Crippen LogP contribution in [0.1, 0.15) is 25.8 Å². The fourth-order valence-electron chi connectivity index (χ4n) is 2.99. The Bertz CT molecular complexity index is 1160. The molecule has 2 heterocycles. The molecule has 0 unspecified atom stereocenters. The van der Waals surface area contributed by atoms with Crippen molar-refractivity contribution in [1.29, 1.82) is 0 Å². The van der Waals surface area contributed by atoms with Crippen molar-refractivity contribution in [3.63, 3.8) is 0 Å². The first kappa shape index (κ1) is 17.9. The molecule has 4 rings (SSSR count). The Morgan fingerprint density at radius 2 is 1.85 bits per heavy atom. The highest BCUT2D eigenvalue weighted by Gasteiger charge is 2.36. The van der Waals surface area contributed by atoms with E-state index in [4.69, 9.17) is 0 Å². The van der Waals surface area contributed by atoms with Gasteiger partial charge in [-0.2, -0.15) is 0 Å². The second-order valence-corrected chi connectivity index (χ2v) is 10.2. The van der Waals surface area contributed by atoms with Gasteiger partial charge in [0, 0.05) is 10.8 Å². The Balaban J connectivity index is 1.61. The highest BCUT2D eigenvalue weighted by Crippen LogP contribution is 2.41. The molecule has 0 saturated heterocycles. The summed E-state index contributed by atoms with van der Waals surface area (Å²) in [6.45, 7) is 5.70. The first-order valence-electron chi connectivity index (χ1n) is 8.36. The Kier molecular flexibility index (Phi) is 3.97. The summed E-state index contributed by atoms with van der Waals surface area (Å²) in [5.74, 6) is -0.458. The number of amides is 1. The van der Waals surface area contributed by atoms with Gasteiger partial charge >= 0.3 is 0 Å². The van der Waals surface area contributed by atoms with Crippen LogP contribution in [0.3, 0.4) is 0 Å². The van der Waals surface area contributed by atoms with Crippen LogP contribution in [0.25, 0.3) is 10.8 Å². The van der Waals surface area contributed by atoms with E-state index in [9.17, 15) is 13.2 Å². The van der Waals surface area contributed by atoms with E-state index in [0.29, 0.717) is 16.2 Å². The van der Waals surface area contributed by atoms with Gasteiger partial charge in [0.05, 0.1) is 10.6 Å². The van der Waals surface area contributed by atoms with Crippen LogP contribution >= 0.6 is 11.3 Å². The molecule has 0 radical (unpaired) electrons. The molecule has 9 heteroatoms. The fraction of sp³-hybridized carbons (Fsp3) is 0.278. The average molecular weight is 403 g/mol. The quantitative estimate of drug-likeness (QED) is 0.727. The Morgan fingerprint density at radius 1 is 1.15 bits per heavy atom. The van der Waals surface area contributed by atoms with Gasteiger partial charge in [0.25, 0.3) is 10.0 Å². The number of carbonyl (C=O) groups excluding carboxylic acids is 1. The molecule has 2 aromatic carbocycles. The van der Waals surface area contributed by atoms with Crippen LogP contribution in [-0.4, -0.2) is 31.1 Å². The van der Waals surface area contributed by atoms with Crippen LogP contribution in [0.2, 0.25) is 0 Å². The maximum Gasteiger partial charge on any atom is 0.265 e. The van der Waals surface area contributed by atoms with Crippen LogP contribution in [0.15, 0.2) is 41.3 Å². The van der Waals surface area contributed by atoms with Gasteiger partial charge in [0.15, 0.2) is 0 Å². The number of hydrogen-bond donors (Lipinski definition) is 1. The zero-order chi connectivity index (χ0) is 19.4. The zero-order valence-electron chi connectivity index (χ0n) is 15.1. The Hall–Kier alpha value is -2.52. The standard InChI is InChI=1S/C18H18N4O3S2/c1-18(2,3)16-20-21-17(26-16)19-14(23)10-22-12-8-4-6-11-7-5-9-13(15(11)12)27(22,24)25/h4-9H,10H2,1-3H3,(H,19,21,23). The molecule has 140 valence electrons. The number of sulfonamides is 1. The molecule has 0 fully saturated rings. The lowest BCUT2D eigenvalue weighted by atomic mass is 9.98. The lowest BCUT2D eigenvalue weighted by molar-refractivity contribution is -0.114. The number of benzene rings is 2. The first-order chi connectivity index (χ1) is 12.7. The largest absolute Gasteiger partial charge is 0.299 e. The molecule has 0 saturated carbocycles. The predicted octanol–water partition coefficient (Wildman–Crippen LogP) is 3.14. The summed E-state index contributed by atoms with van der Waals surface area (Å²) in [4.78, 5) is 12.7. The summed E-state index contributed by atoms with van der Waals surface area (Å²) >= 11 is 1.29. The number of anilines is 2. The van der Waals surface area contributed by atoms with Crippen molar-refractivity contribution in [1.82, 2.24) is 10.2 Å². The third kappa shape index (κ3) is 2.96. The molecule has 1 N–H and O–H groups in total. The highest BCUT2D eigenvalue weighted by molar-refractivity contribution is 7.93. The van der Waals surface area contributed by atoms with Gasteiger partial charge in [0.1, 0.15) is 11.6 Å². The minimum absolute atomic E-state index is 0.170. The van der Waals surface area contributed by atoms with Crippen molar-refractivity contribution in [2.75, 3.05) is 16.2 Å². The van der Waals surface area contributed by atoms with Gasteiger partial charge in [-0.3, -0.25) is 14.4 Å². The number of nitrogens with one attached hydrogen (secondary N) is 1. The Labute approximate surface area is 161 Å². The number of carbonyl (C=O) groups is 1. The molecule has 27 heavy (non-hydrogen) atoms. The summed E-state index contributed by atoms with van der Waals surface area (Å²) in [6, 6.07) is 10.5. The second kappa shape index (κ2) is 6.00. The maximum atomic E-state index is 12.9. The number of nitrogens with zero attached hydrogens (tertiary/aromatic N) is 3. The molecule has 3 aromatic rings. The van der Waals surface area contributed by atoms with Crippen LogP contribution in [0.4, 0.5) is 10.8 Å². The lowest BCUT2D eigenvalue weighted by Gasteiger charge is -2.17. The summed E-state index contributed by atoms with van der Waals surface area (Å²) in [5, 5.41) is 13.4. The molecule has 1 aromatic heterocycles. The van der Waals surface area contributed by atoms with Crippen LogP contribution in [0.5, 0.6) is 0 Å². The normalized spacial score (nSPS) is 15.3. The SMILES string of the molecule is CC(C)(C)c1nnc(NC(=O)CN2c3cccc4cccc(c34)S2(=O)=O)s1. The molecule has 0 bridgehead atoms. The van der Waals surface area contributed by atoms with Gasteiger partial charge in [-0.25, -0.2) is 8.42 Å². The lowest BCUT2D eigenvalue weighted by Crippen LogP contribution is -2.35. The van der Waals surface area contributed by atoms with Crippen LogP contribution < -0.4 is 9.62 Å². The molecule has 1 aliphatic rings. The van der Waals surface area contributed by atoms with Gasteiger partial charge < -0.3 is 0 Å². The molecule has 0 aliphatic carbocycles. The summed E-state index contributed by atoms with van der Waals surface area (Å²) in [7, 11) is -3.76. The molecule has 0 spiro atoms. The van der Waals surface area contributed by atoms with Gasteiger partial charge in [-0.15, -0.1) is 10.2 Å². The molecular formula is C18H18N4O3S2. The van der Waals surface area contributed by atoms with E-state index in [1.807, 2.05) is 32.9 Å². The maximum absolute atomic E-state index is 12.9. The van der Waals surface area contributed by atoms with E-state index in [-0.39, 0.29) is 16.9 Å². The second-order valence-electron chi connectivity index (χ2n) is 7.35. The molecule has 0 atom stereocenters. The molecule has 1 aliphatic heterocycles. The number of hydrogen-bond acceptors (Lipinski definition) is 6. The van der Waals surface area contributed by atoms with Crippen LogP contribution in [0, 0.1) is 0 Å². The van der Waals surface area contributed by atoms with E-state index in [1.165, 1.54) is 11.3 Å². The zero-order valence-corrected chi connectivity index (χ0v) is 16.7. The van der Waals surface area contributed by atoms with E-state index in [2.05, 4.69) is 15.5 Å². The summed E-state index contributed by atoms with van der Waals surface area (Å²) < 4.78 is 27.0. The van der Waals surface area contributed by atoms with Crippen molar-refractivity contribution in [3.8, 4) is 0 Å². The van der Waals surface area contributed by atoms with Crippen molar-refractivity contribution in [3.05, 3.63) is 41.4 Å². The summed E-state index contributed by atoms with van der Waals surface area (Å²) in [6.07, 6.45) is 0. The third-order valence-corrected chi connectivity index (χ3v) is 7.35. The van der Waals surface area contributed by atoms with Crippen molar-refractivity contribution >= 4 is 48.9 Å². The van der Waals surface area contributed by atoms with Crippen LogP contribution in [-0.2, 0) is 20.2 Å². The topological polar surface area (TPSA) is 92.3 Å². The van der Waals surface area contributed by atoms with E-state index < -0.39 is 15.9 Å². The Morgan fingerprint density at radius 3 is 2.52 bits per heavy atom. The first-order valence-corrected chi connectivity index (χ1v) is 10.6. The van der Waals surface area contributed by atoms with Gasteiger partial charge in [-0.1, -0.05) is 56.4 Å². The van der Waals surface area contributed by atoms with Crippen molar-refractivity contribution in [2.24, 2.45) is 0 Å². The van der Waals surface area contributed by atoms with E-state index >= 15 is 0 Å². The fourth-order valence-corrected chi connectivity index (χ4v) is 5.48. The van der Waals surface area contributed by atoms with Crippen molar-refractivity contribution in [2.45, 2.75) is 31.1 Å². The monoisotopic (exact) mass is 402 g/mol. The summed E-state index contributed by atoms with van der Waals surface area (Å²) in [5.41, 5.74) is 0.349. The predicted molar refractivity (Wildman–Crippen MR) is 106 cm³/mol. The third-order valence-electron chi connectivity index (χ3n) is 4.28. The van der Waals surface area contributed by atoms with E-state index in [1.54, 1.807) is 24.3 Å². The van der Waals surface area contributed by atoms with E-state index in [0.717, 1.165) is 14.7 Å². The molecule has 1 amide bonds.